The Labute approximate surface area is 121 Å². The highest BCUT2D eigenvalue weighted by Gasteiger charge is 2.12. The largest absolute Gasteiger partial charge is 0.465 e. The summed E-state index contributed by atoms with van der Waals surface area (Å²) in [6.07, 6.45) is 1.93. The Balaban J connectivity index is 2.20. The lowest BCUT2D eigenvalue weighted by Crippen LogP contribution is -2.00. The van der Waals surface area contributed by atoms with Gasteiger partial charge in [0.2, 0.25) is 0 Å². The van der Waals surface area contributed by atoms with Crippen LogP contribution in [0, 0.1) is 5.82 Å². The van der Waals surface area contributed by atoms with Crippen LogP contribution >= 0.6 is 0 Å². The zero-order valence-electron chi connectivity index (χ0n) is 11.8. The summed E-state index contributed by atoms with van der Waals surface area (Å²) in [4.78, 5) is 11.6. The molecule has 3 rings (SSSR count). The van der Waals surface area contributed by atoms with Crippen molar-refractivity contribution < 1.29 is 13.9 Å². The predicted molar refractivity (Wildman–Crippen MR) is 79.7 cm³/mol. The highest BCUT2D eigenvalue weighted by molar-refractivity contribution is 6.00. The van der Waals surface area contributed by atoms with E-state index in [4.69, 9.17) is 4.74 Å². The van der Waals surface area contributed by atoms with E-state index in [1.807, 2.05) is 29.9 Å². The molecule has 0 atom stereocenters. The molecule has 1 aromatic heterocycles. The van der Waals surface area contributed by atoms with Crippen molar-refractivity contribution in [3.63, 3.8) is 0 Å². The Morgan fingerprint density at radius 1 is 1.19 bits per heavy atom. The Hall–Kier alpha value is -2.62. The molecule has 0 bridgehead atoms. The quantitative estimate of drug-likeness (QED) is 0.670. The molecule has 1 heterocycles. The van der Waals surface area contributed by atoms with E-state index in [1.165, 1.54) is 19.2 Å². The second-order valence-electron chi connectivity index (χ2n) is 4.89. The molecule has 3 aromatic rings. The van der Waals surface area contributed by atoms with Crippen LogP contribution in [0.4, 0.5) is 4.39 Å². The van der Waals surface area contributed by atoms with Crippen LogP contribution in [0.15, 0.2) is 48.7 Å². The minimum atomic E-state index is -0.370. The molecular formula is C17H14FNO2. The molecule has 0 amide bonds. The maximum atomic E-state index is 13.4. The fourth-order valence-corrected chi connectivity index (χ4v) is 2.51. The average molecular weight is 283 g/mol. The number of carbonyl (C=O) groups is 1. The summed E-state index contributed by atoms with van der Waals surface area (Å²) in [7, 11) is 3.25. The molecule has 0 aliphatic rings. The number of methoxy groups -OCH3 is 1. The predicted octanol–water partition coefficient (Wildman–Crippen LogP) is 3.77. The monoisotopic (exact) mass is 283 g/mol. The fraction of sp³-hybridized carbons (Fsp3) is 0.118. The Morgan fingerprint density at radius 2 is 2.00 bits per heavy atom. The summed E-state index contributed by atoms with van der Waals surface area (Å²) in [5, 5.41) is 0.968. The molecule has 0 spiro atoms. The van der Waals surface area contributed by atoms with Gasteiger partial charge in [0.1, 0.15) is 5.82 Å². The molecule has 4 heteroatoms. The molecule has 0 N–H and O–H groups in total. The van der Waals surface area contributed by atoms with E-state index >= 15 is 0 Å². The van der Waals surface area contributed by atoms with Crippen LogP contribution < -0.4 is 0 Å². The summed E-state index contributed by atoms with van der Waals surface area (Å²) in [6.45, 7) is 0. The first-order valence-corrected chi connectivity index (χ1v) is 6.53. The number of esters is 1. The third-order valence-corrected chi connectivity index (χ3v) is 3.55. The summed E-state index contributed by atoms with van der Waals surface area (Å²) in [5.41, 5.74) is 3.14. The molecule has 0 saturated carbocycles. The number of hydrogen-bond acceptors (Lipinski definition) is 2. The Morgan fingerprint density at radius 3 is 2.71 bits per heavy atom. The molecular weight excluding hydrogens is 269 g/mol. The Bertz CT molecular complexity index is 836. The number of ether oxygens (including phenoxy) is 1. The third-order valence-electron chi connectivity index (χ3n) is 3.55. The number of nitrogens with zero attached hydrogens (tertiary/aromatic N) is 1. The van der Waals surface area contributed by atoms with Gasteiger partial charge in [0, 0.05) is 29.7 Å². The van der Waals surface area contributed by atoms with Crippen molar-refractivity contribution in [1.82, 2.24) is 4.57 Å². The molecule has 2 aromatic carbocycles. The second kappa shape index (κ2) is 5.05. The fourth-order valence-electron chi connectivity index (χ4n) is 2.51. The third kappa shape index (κ3) is 2.29. The first-order chi connectivity index (χ1) is 10.1. The maximum Gasteiger partial charge on any atom is 0.337 e. The van der Waals surface area contributed by atoms with E-state index in [0.717, 1.165) is 22.0 Å². The number of carbonyl (C=O) groups excluding carboxylic acids is 1. The average Bonchev–Trinajstić information content (AvgIpc) is 2.83. The first-order valence-electron chi connectivity index (χ1n) is 6.53. The summed E-state index contributed by atoms with van der Waals surface area (Å²) in [5.74, 6) is -0.638. The smallest absolute Gasteiger partial charge is 0.337 e. The van der Waals surface area contributed by atoms with Gasteiger partial charge in [-0.2, -0.15) is 0 Å². The number of aromatic nitrogens is 1. The summed E-state index contributed by atoms with van der Waals surface area (Å²) >= 11 is 0. The van der Waals surface area contributed by atoms with Crippen LogP contribution in [-0.2, 0) is 11.8 Å². The van der Waals surface area contributed by atoms with E-state index < -0.39 is 0 Å². The minimum Gasteiger partial charge on any atom is -0.465 e. The number of benzene rings is 2. The lowest BCUT2D eigenvalue weighted by atomic mass is 10.0. The van der Waals surface area contributed by atoms with Gasteiger partial charge in [0.05, 0.1) is 12.7 Å². The lowest BCUT2D eigenvalue weighted by molar-refractivity contribution is 0.0601. The minimum absolute atomic E-state index is 0.268. The number of hydrogen-bond donors (Lipinski definition) is 0. The van der Waals surface area contributed by atoms with Gasteiger partial charge in [-0.15, -0.1) is 0 Å². The van der Waals surface area contributed by atoms with E-state index in [0.29, 0.717) is 5.56 Å². The normalized spacial score (nSPS) is 10.8. The number of fused-ring (bicyclic) bond motifs is 1. The molecule has 21 heavy (non-hydrogen) atoms. The topological polar surface area (TPSA) is 31.2 Å². The highest BCUT2D eigenvalue weighted by Crippen LogP contribution is 2.31. The van der Waals surface area contributed by atoms with Gasteiger partial charge >= 0.3 is 5.97 Å². The maximum absolute atomic E-state index is 13.4. The van der Waals surface area contributed by atoms with Crippen LogP contribution in [0.2, 0.25) is 0 Å². The van der Waals surface area contributed by atoms with Crippen molar-refractivity contribution in [2.45, 2.75) is 0 Å². The van der Waals surface area contributed by atoms with Crippen molar-refractivity contribution in [2.75, 3.05) is 7.11 Å². The zero-order valence-corrected chi connectivity index (χ0v) is 11.8. The zero-order chi connectivity index (χ0) is 15.0. The SMILES string of the molecule is COC(=O)c1ccc2c(-c3cccc(F)c3)cn(C)c2c1. The van der Waals surface area contributed by atoms with E-state index in [9.17, 15) is 9.18 Å². The van der Waals surface area contributed by atoms with Crippen molar-refractivity contribution in [2.24, 2.45) is 7.05 Å². The van der Waals surface area contributed by atoms with Crippen LogP contribution in [0.5, 0.6) is 0 Å². The van der Waals surface area contributed by atoms with Crippen LogP contribution in [0.1, 0.15) is 10.4 Å². The van der Waals surface area contributed by atoms with Crippen molar-refractivity contribution in [3.05, 3.63) is 60.0 Å². The van der Waals surface area contributed by atoms with Gasteiger partial charge < -0.3 is 9.30 Å². The first kappa shape index (κ1) is 13.4. The molecule has 0 aliphatic carbocycles. The van der Waals surface area contributed by atoms with Crippen LogP contribution in [0.3, 0.4) is 0 Å². The van der Waals surface area contributed by atoms with Gasteiger partial charge in [-0.3, -0.25) is 0 Å². The molecule has 0 saturated heterocycles. The Kier molecular flexibility index (Phi) is 3.22. The van der Waals surface area contributed by atoms with Gasteiger partial charge in [-0.05, 0) is 29.8 Å². The van der Waals surface area contributed by atoms with Gasteiger partial charge in [-0.1, -0.05) is 18.2 Å². The summed E-state index contributed by atoms with van der Waals surface area (Å²) in [6, 6.07) is 11.8. The summed E-state index contributed by atoms with van der Waals surface area (Å²) < 4.78 is 20.1. The lowest BCUT2D eigenvalue weighted by Gasteiger charge is -2.02. The highest BCUT2D eigenvalue weighted by atomic mass is 19.1. The molecule has 0 radical (unpaired) electrons. The number of halogens is 1. The van der Waals surface area contributed by atoms with E-state index in [2.05, 4.69) is 0 Å². The standard InChI is InChI=1S/C17H14FNO2/c1-19-10-15(11-4-3-5-13(18)8-11)14-7-6-12(9-16(14)19)17(20)21-2/h3-10H,1-2H3. The molecule has 0 unspecified atom stereocenters. The van der Waals surface area contributed by atoms with Gasteiger partial charge in [0.15, 0.2) is 0 Å². The molecule has 106 valence electrons. The van der Waals surface area contributed by atoms with Crippen molar-refractivity contribution >= 4 is 16.9 Å². The number of aryl methyl sites for hydroxylation is 1. The molecule has 0 fully saturated rings. The van der Waals surface area contributed by atoms with E-state index in [1.54, 1.807) is 18.2 Å². The van der Waals surface area contributed by atoms with Crippen molar-refractivity contribution in [3.8, 4) is 11.1 Å². The van der Waals surface area contributed by atoms with Crippen LogP contribution in [-0.4, -0.2) is 17.6 Å². The second-order valence-corrected chi connectivity index (χ2v) is 4.89. The van der Waals surface area contributed by atoms with Gasteiger partial charge in [0.25, 0.3) is 0 Å². The van der Waals surface area contributed by atoms with E-state index in [-0.39, 0.29) is 11.8 Å². The van der Waals surface area contributed by atoms with Crippen molar-refractivity contribution in [1.29, 1.82) is 0 Å². The molecule has 0 aliphatic heterocycles. The number of rotatable bonds is 2. The molecule has 3 nitrogen and oxygen atoms in total. The van der Waals surface area contributed by atoms with Crippen LogP contribution in [0.25, 0.3) is 22.0 Å². The van der Waals surface area contributed by atoms with Gasteiger partial charge in [-0.25, -0.2) is 9.18 Å².